The van der Waals surface area contributed by atoms with E-state index in [1.165, 1.54) is 0 Å². The largest absolute Gasteiger partial charge is 0.299 e. The standard InChI is InChI=1S/C10H21N3O3S/c1-7(10(14)12-11)8(2)13(3)9-4-5-17(15,16)6-9/h7-9H,4-6,11H2,1-3H3,(H,12,14). The number of hydrazine groups is 1. The van der Waals surface area contributed by atoms with Gasteiger partial charge < -0.3 is 0 Å². The Hall–Kier alpha value is -0.660. The minimum absolute atomic E-state index is 0.00280. The molecule has 0 bridgehead atoms. The first-order valence-electron chi connectivity index (χ1n) is 5.71. The average Bonchev–Trinajstić information content (AvgIpc) is 2.65. The van der Waals surface area contributed by atoms with Crippen LogP contribution in [0.25, 0.3) is 0 Å². The number of amides is 1. The quantitative estimate of drug-likeness (QED) is 0.390. The van der Waals surface area contributed by atoms with Gasteiger partial charge in [-0.2, -0.15) is 0 Å². The van der Waals surface area contributed by atoms with Gasteiger partial charge in [0.05, 0.1) is 17.4 Å². The van der Waals surface area contributed by atoms with Crippen LogP contribution in [0.3, 0.4) is 0 Å². The Morgan fingerprint density at radius 2 is 2.06 bits per heavy atom. The molecule has 1 aliphatic heterocycles. The lowest BCUT2D eigenvalue weighted by molar-refractivity contribution is -0.126. The number of carbonyl (C=O) groups is 1. The topological polar surface area (TPSA) is 92.5 Å². The van der Waals surface area contributed by atoms with Crippen LogP contribution in [-0.4, -0.2) is 49.9 Å². The molecule has 1 amide bonds. The molecule has 3 N–H and O–H groups in total. The number of rotatable bonds is 4. The fourth-order valence-electron chi connectivity index (χ4n) is 2.13. The lowest BCUT2D eigenvalue weighted by atomic mass is 10.00. The van der Waals surface area contributed by atoms with Gasteiger partial charge in [-0.1, -0.05) is 6.92 Å². The van der Waals surface area contributed by atoms with Crippen molar-refractivity contribution < 1.29 is 13.2 Å². The van der Waals surface area contributed by atoms with Gasteiger partial charge in [0.25, 0.3) is 0 Å². The van der Waals surface area contributed by atoms with E-state index in [0.29, 0.717) is 6.42 Å². The van der Waals surface area contributed by atoms with Crippen LogP contribution in [-0.2, 0) is 14.6 Å². The molecule has 1 rings (SSSR count). The molecule has 6 nitrogen and oxygen atoms in total. The number of hydrogen-bond donors (Lipinski definition) is 2. The third-order valence-corrected chi connectivity index (χ3v) is 5.46. The molecule has 3 atom stereocenters. The van der Waals surface area contributed by atoms with Gasteiger partial charge in [0.1, 0.15) is 0 Å². The van der Waals surface area contributed by atoms with E-state index in [1.807, 2.05) is 18.9 Å². The summed E-state index contributed by atoms with van der Waals surface area (Å²) in [6, 6.07) is -0.0418. The molecule has 0 aliphatic carbocycles. The second-order valence-electron chi connectivity index (χ2n) is 4.76. The summed E-state index contributed by atoms with van der Waals surface area (Å²) < 4.78 is 22.8. The van der Waals surface area contributed by atoms with Crippen molar-refractivity contribution in [3.05, 3.63) is 0 Å². The van der Waals surface area contributed by atoms with E-state index >= 15 is 0 Å². The molecule has 3 unspecified atom stereocenters. The van der Waals surface area contributed by atoms with Crippen LogP contribution in [0.15, 0.2) is 0 Å². The van der Waals surface area contributed by atoms with E-state index in [0.717, 1.165) is 0 Å². The van der Waals surface area contributed by atoms with Crippen LogP contribution in [0.1, 0.15) is 20.3 Å². The Morgan fingerprint density at radius 3 is 2.47 bits per heavy atom. The van der Waals surface area contributed by atoms with Gasteiger partial charge >= 0.3 is 0 Å². The monoisotopic (exact) mass is 263 g/mol. The number of carbonyl (C=O) groups excluding carboxylic acids is 1. The summed E-state index contributed by atoms with van der Waals surface area (Å²) in [5, 5.41) is 0. The minimum Gasteiger partial charge on any atom is -0.299 e. The molecule has 0 aromatic carbocycles. The highest BCUT2D eigenvalue weighted by atomic mass is 32.2. The van der Waals surface area contributed by atoms with Gasteiger partial charge in [-0.15, -0.1) is 0 Å². The van der Waals surface area contributed by atoms with Gasteiger partial charge in [-0.25, -0.2) is 14.3 Å². The average molecular weight is 263 g/mol. The van der Waals surface area contributed by atoms with Gasteiger partial charge in [-0.05, 0) is 20.4 Å². The molecule has 0 radical (unpaired) electrons. The Kier molecular flexibility index (Phi) is 4.51. The minimum atomic E-state index is -2.89. The van der Waals surface area contributed by atoms with Crippen LogP contribution >= 0.6 is 0 Å². The van der Waals surface area contributed by atoms with E-state index in [4.69, 9.17) is 5.84 Å². The molecular weight excluding hydrogens is 242 g/mol. The maximum Gasteiger partial charge on any atom is 0.238 e. The maximum absolute atomic E-state index is 11.4. The first-order valence-corrected chi connectivity index (χ1v) is 7.53. The summed E-state index contributed by atoms with van der Waals surface area (Å²) in [6.07, 6.45) is 0.639. The number of hydrogen-bond acceptors (Lipinski definition) is 5. The molecule has 1 fully saturated rings. The van der Waals surface area contributed by atoms with Crippen LogP contribution in [0.4, 0.5) is 0 Å². The van der Waals surface area contributed by atoms with E-state index in [2.05, 4.69) is 5.43 Å². The highest BCUT2D eigenvalue weighted by Crippen LogP contribution is 2.21. The van der Waals surface area contributed by atoms with Crippen molar-refractivity contribution >= 4 is 15.7 Å². The van der Waals surface area contributed by atoms with Gasteiger partial charge in [-0.3, -0.25) is 15.1 Å². The van der Waals surface area contributed by atoms with Crippen molar-refractivity contribution in [2.24, 2.45) is 11.8 Å². The zero-order chi connectivity index (χ0) is 13.2. The molecule has 0 aromatic rings. The molecule has 1 aliphatic rings. The molecule has 1 heterocycles. The first kappa shape index (κ1) is 14.4. The zero-order valence-electron chi connectivity index (χ0n) is 10.5. The summed E-state index contributed by atoms with van der Waals surface area (Å²) in [5.74, 6) is 5.02. The predicted molar refractivity (Wildman–Crippen MR) is 65.8 cm³/mol. The second-order valence-corrected chi connectivity index (χ2v) is 6.99. The molecule has 17 heavy (non-hydrogen) atoms. The van der Waals surface area contributed by atoms with Crippen molar-refractivity contribution in [2.45, 2.75) is 32.4 Å². The van der Waals surface area contributed by atoms with E-state index in [1.54, 1.807) is 6.92 Å². The number of nitrogens with zero attached hydrogens (tertiary/aromatic N) is 1. The highest BCUT2D eigenvalue weighted by Gasteiger charge is 2.34. The Bertz CT molecular complexity index is 382. The van der Waals surface area contributed by atoms with Crippen LogP contribution in [0, 0.1) is 5.92 Å². The summed E-state index contributed by atoms with van der Waals surface area (Å²) >= 11 is 0. The van der Waals surface area contributed by atoms with Crippen LogP contribution in [0.5, 0.6) is 0 Å². The molecule has 0 spiro atoms. The lowest BCUT2D eigenvalue weighted by Gasteiger charge is -2.32. The Balaban J connectivity index is 2.64. The SMILES string of the molecule is CC(C(=O)NN)C(C)N(C)C1CCS(=O)(=O)C1. The lowest BCUT2D eigenvalue weighted by Crippen LogP contribution is -2.48. The maximum atomic E-state index is 11.4. The molecule has 7 heteroatoms. The third kappa shape index (κ3) is 3.40. The van der Waals surface area contributed by atoms with E-state index in [9.17, 15) is 13.2 Å². The van der Waals surface area contributed by atoms with Crippen LogP contribution < -0.4 is 11.3 Å². The first-order chi connectivity index (χ1) is 7.78. The summed E-state index contributed by atoms with van der Waals surface area (Å²) in [5.41, 5.74) is 2.12. The van der Waals surface area contributed by atoms with Crippen molar-refractivity contribution in [1.82, 2.24) is 10.3 Å². The fraction of sp³-hybridized carbons (Fsp3) is 0.900. The highest BCUT2D eigenvalue weighted by molar-refractivity contribution is 7.91. The van der Waals surface area contributed by atoms with E-state index in [-0.39, 0.29) is 35.4 Å². The Labute approximate surface area is 102 Å². The molecule has 0 saturated carbocycles. The van der Waals surface area contributed by atoms with Gasteiger partial charge in [0.15, 0.2) is 9.84 Å². The normalized spacial score (nSPS) is 26.8. The summed E-state index contributed by atoms with van der Waals surface area (Å²) in [7, 11) is -1.03. The van der Waals surface area contributed by atoms with E-state index < -0.39 is 9.84 Å². The van der Waals surface area contributed by atoms with Gasteiger partial charge in [0.2, 0.25) is 5.91 Å². The van der Waals surface area contributed by atoms with Crippen molar-refractivity contribution in [3.8, 4) is 0 Å². The van der Waals surface area contributed by atoms with Crippen LogP contribution in [0.2, 0.25) is 0 Å². The number of nitrogens with two attached hydrogens (primary N) is 1. The van der Waals surface area contributed by atoms with Gasteiger partial charge in [0, 0.05) is 12.1 Å². The fourth-order valence-corrected chi connectivity index (χ4v) is 3.92. The second kappa shape index (κ2) is 5.32. The van der Waals surface area contributed by atoms with Crippen molar-refractivity contribution in [2.75, 3.05) is 18.6 Å². The Morgan fingerprint density at radius 1 is 1.47 bits per heavy atom. The number of nitrogens with one attached hydrogen (secondary N) is 1. The van der Waals surface area contributed by atoms with Crippen molar-refractivity contribution in [3.63, 3.8) is 0 Å². The summed E-state index contributed by atoms with van der Waals surface area (Å²) in [4.78, 5) is 13.4. The molecule has 100 valence electrons. The molecule has 1 saturated heterocycles. The predicted octanol–water partition coefficient (Wildman–Crippen LogP) is -0.880. The molecular formula is C10H21N3O3S. The third-order valence-electron chi connectivity index (χ3n) is 3.71. The summed E-state index contributed by atoms with van der Waals surface area (Å²) in [6.45, 7) is 3.69. The zero-order valence-corrected chi connectivity index (χ0v) is 11.3. The number of sulfone groups is 1. The molecule has 0 aromatic heterocycles. The van der Waals surface area contributed by atoms with Crippen molar-refractivity contribution in [1.29, 1.82) is 0 Å². The smallest absolute Gasteiger partial charge is 0.238 e.